The minimum atomic E-state index is -0.325. The van der Waals surface area contributed by atoms with Crippen molar-refractivity contribution in [2.45, 2.75) is 19.8 Å². The number of rotatable bonds is 5. The molecule has 119 valence electrons. The van der Waals surface area contributed by atoms with E-state index in [1.165, 1.54) is 18.9 Å². The first-order valence-corrected chi connectivity index (χ1v) is 7.86. The summed E-state index contributed by atoms with van der Waals surface area (Å²) < 4.78 is 20.1. The van der Waals surface area contributed by atoms with Gasteiger partial charge in [0.2, 0.25) is 0 Å². The Hall–Kier alpha value is -0.636. The van der Waals surface area contributed by atoms with Gasteiger partial charge in [-0.3, -0.25) is 0 Å². The molecule has 0 N–H and O–H groups in total. The van der Waals surface area contributed by atoms with Crippen molar-refractivity contribution in [1.29, 1.82) is 0 Å². The molecule has 0 atom stereocenters. The molecule has 1 heterocycles. The molecule has 0 spiro atoms. The van der Waals surface area contributed by atoms with Crippen LogP contribution in [0.5, 0.6) is 5.75 Å². The maximum absolute atomic E-state index is 14.5. The first-order valence-electron chi connectivity index (χ1n) is 7.48. The van der Waals surface area contributed by atoms with E-state index in [9.17, 15) is 4.39 Å². The van der Waals surface area contributed by atoms with Crippen molar-refractivity contribution < 1.29 is 41.8 Å². The van der Waals surface area contributed by atoms with Crippen LogP contribution in [-0.2, 0) is 32.7 Å². The monoisotopic (exact) mass is 407 g/mol. The molecule has 0 aromatic heterocycles. The number of nitrogens with zero attached hydrogens (tertiary/aromatic N) is 1. The fourth-order valence-electron chi connectivity index (χ4n) is 2.41. The minimum Gasteiger partial charge on any atom is -0.493 e. The van der Waals surface area contributed by atoms with Crippen LogP contribution >= 0.6 is 11.6 Å². The predicted molar refractivity (Wildman–Crippen MR) is 86.7 cm³/mol. The molecular formula is C18H18ClFNOY-. The summed E-state index contributed by atoms with van der Waals surface area (Å²) in [6.07, 6.45) is 7.09. The maximum atomic E-state index is 14.5. The van der Waals surface area contributed by atoms with Gasteiger partial charge in [-0.2, -0.15) is 23.8 Å². The quantitative estimate of drug-likeness (QED) is 0.654. The molecular weight excluding hydrogens is 390 g/mol. The minimum absolute atomic E-state index is 0. The molecule has 1 aliphatic carbocycles. The molecule has 1 aliphatic heterocycles. The molecule has 0 saturated heterocycles. The third-order valence-electron chi connectivity index (χ3n) is 3.90. The molecule has 1 radical (unpaired) electrons. The summed E-state index contributed by atoms with van der Waals surface area (Å²) in [5.41, 5.74) is 1.77. The van der Waals surface area contributed by atoms with Crippen LogP contribution in [0, 0.1) is 17.8 Å². The number of benzene rings is 1. The topological polar surface area (TPSA) is 12.5 Å². The molecule has 2 aliphatic rings. The summed E-state index contributed by atoms with van der Waals surface area (Å²) in [5, 5.41) is 0.524. The number of halogens is 2. The van der Waals surface area contributed by atoms with Gasteiger partial charge in [-0.1, -0.05) is 17.8 Å². The van der Waals surface area contributed by atoms with Gasteiger partial charge in [0.1, 0.15) is 5.75 Å². The van der Waals surface area contributed by atoms with Gasteiger partial charge in [-0.15, -0.1) is 6.07 Å². The van der Waals surface area contributed by atoms with Crippen molar-refractivity contribution in [3.8, 4) is 5.75 Å². The zero-order valence-corrected chi connectivity index (χ0v) is 16.7. The first-order chi connectivity index (χ1) is 10.6. The smallest absolute Gasteiger partial charge is 0.120 e. The molecule has 23 heavy (non-hydrogen) atoms. The van der Waals surface area contributed by atoms with Crippen LogP contribution in [0.2, 0.25) is 0 Å². The second-order valence-corrected chi connectivity index (χ2v) is 5.98. The number of likely N-dealkylation sites (N-methyl/N-ethyl adjacent to an activating group) is 1. The van der Waals surface area contributed by atoms with E-state index in [-0.39, 0.29) is 38.5 Å². The molecule has 1 aromatic carbocycles. The van der Waals surface area contributed by atoms with Gasteiger partial charge in [-0.25, -0.2) is 4.39 Å². The van der Waals surface area contributed by atoms with Crippen molar-refractivity contribution >= 4 is 17.3 Å². The van der Waals surface area contributed by atoms with Crippen molar-refractivity contribution in [1.82, 2.24) is 4.90 Å². The van der Waals surface area contributed by atoms with Crippen LogP contribution < -0.4 is 4.74 Å². The summed E-state index contributed by atoms with van der Waals surface area (Å²) in [5.74, 6) is 0.886. The summed E-state index contributed by atoms with van der Waals surface area (Å²) in [4.78, 5) is 1.85. The van der Waals surface area contributed by atoms with Gasteiger partial charge in [0, 0.05) is 45.3 Å². The van der Waals surface area contributed by atoms with E-state index in [2.05, 4.69) is 12.7 Å². The van der Waals surface area contributed by atoms with E-state index in [0.29, 0.717) is 46.8 Å². The Bertz CT molecular complexity index is 667. The van der Waals surface area contributed by atoms with E-state index < -0.39 is 0 Å². The molecule has 1 saturated carbocycles. The molecule has 1 aromatic rings. The van der Waals surface area contributed by atoms with Gasteiger partial charge in [0.25, 0.3) is 0 Å². The average molecular weight is 408 g/mol. The summed E-state index contributed by atoms with van der Waals surface area (Å²) in [6, 6.07) is 4.96. The van der Waals surface area contributed by atoms with Crippen LogP contribution in [0.1, 0.15) is 25.3 Å². The SMILES string of the molecule is C=C1C(Cl)=C[C-]=C(c2ccc(OCC3CC3)cc2F)N1CC.[Y]. The van der Waals surface area contributed by atoms with Crippen LogP contribution in [0.25, 0.3) is 5.70 Å². The van der Waals surface area contributed by atoms with Gasteiger partial charge >= 0.3 is 0 Å². The van der Waals surface area contributed by atoms with Gasteiger partial charge in [0.15, 0.2) is 0 Å². The third kappa shape index (κ3) is 4.26. The van der Waals surface area contributed by atoms with E-state index in [0.717, 1.165) is 0 Å². The summed E-state index contributed by atoms with van der Waals surface area (Å²) >= 11 is 6.07. The molecule has 0 unspecified atom stereocenters. The van der Waals surface area contributed by atoms with Crippen molar-refractivity contribution in [3.05, 3.63) is 59.0 Å². The van der Waals surface area contributed by atoms with E-state index >= 15 is 0 Å². The average Bonchev–Trinajstić information content (AvgIpc) is 3.32. The Morgan fingerprint density at radius 2 is 2.17 bits per heavy atom. The second kappa shape index (κ2) is 7.96. The molecule has 2 nitrogen and oxygen atoms in total. The normalized spacial score (nSPS) is 17.3. The van der Waals surface area contributed by atoms with Crippen molar-refractivity contribution in [2.24, 2.45) is 5.92 Å². The Morgan fingerprint density at radius 3 is 2.78 bits per heavy atom. The molecule has 1 fully saturated rings. The molecule has 5 heteroatoms. The Labute approximate surface area is 166 Å². The second-order valence-electron chi connectivity index (χ2n) is 5.57. The van der Waals surface area contributed by atoms with E-state index in [1.807, 2.05) is 11.8 Å². The van der Waals surface area contributed by atoms with Gasteiger partial charge < -0.3 is 9.64 Å². The van der Waals surface area contributed by atoms with Crippen molar-refractivity contribution in [2.75, 3.05) is 13.2 Å². The van der Waals surface area contributed by atoms with Gasteiger partial charge in [0.05, 0.1) is 12.4 Å². The van der Waals surface area contributed by atoms with Crippen LogP contribution in [0.3, 0.4) is 0 Å². The van der Waals surface area contributed by atoms with Crippen molar-refractivity contribution in [3.63, 3.8) is 0 Å². The standard InChI is InChI=1S/C18H18ClFNO.Y/c1-3-21-12(2)16(19)8-9-18(21)15-7-6-14(10-17(15)20)22-11-13-4-5-13;/h6-8,10,13H,2-5,11H2,1H3;/q-1;. The Morgan fingerprint density at radius 1 is 1.43 bits per heavy atom. The maximum Gasteiger partial charge on any atom is 0.120 e. The Balaban J connectivity index is 0.00000192. The zero-order chi connectivity index (χ0) is 15.7. The molecule has 3 rings (SSSR count). The zero-order valence-electron chi connectivity index (χ0n) is 13.1. The summed E-state index contributed by atoms with van der Waals surface area (Å²) in [7, 11) is 0. The predicted octanol–water partition coefficient (Wildman–Crippen LogP) is 4.73. The first kappa shape index (κ1) is 18.7. The number of hydrogen-bond donors (Lipinski definition) is 0. The number of hydrogen-bond acceptors (Lipinski definition) is 2. The van der Waals surface area contributed by atoms with Crippen LogP contribution in [0.4, 0.5) is 4.39 Å². The van der Waals surface area contributed by atoms with Crippen LogP contribution in [-0.4, -0.2) is 18.1 Å². The number of allylic oxidation sites excluding steroid dienone is 3. The third-order valence-corrected chi connectivity index (χ3v) is 4.23. The fraction of sp³-hybridized carbons (Fsp3) is 0.333. The van der Waals surface area contributed by atoms with E-state index in [4.69, 9.17) is 16.3 Å². The molecule has 0 amide bonds. The number of ether oxygens (including phenoxy) is 1. The van der Waals surface area contributed by atoms with Crippen LogP contribution in [0.15, 0.2) is 41.6 Å². The van der Waals surface area contributed by atoms with Gasteiger partial charge in [-0.05, 0) is 42.5 Å². The summed E-state index contributed by atoms with van der Waals surface area (Å²) in [6.45, 7) is 7.22. The Kier molecular flexibility index (Phi) is 6.47. The largest absolute Gasteiger partial charge is 0.493 e. The van der Waals surface area contributed by atoms with E-state index in [1.54, 1.807) is 18.2 Å². The fourth-order valence-corrected chi connectivity index (χ4v) is 2.56. The molecule has 0 bridgehead atoms.